The second-order valence-corrected chi connectivity index (χ2v) is 10.4. The van der Waals surface area contributed by atoms with E-state index >= 15 is 0 Å². The Bertz CT molecular complexity index is 517. The number of rotatable bonds is 4. The van der Waals surface area contributed by atoms with Crippen molar-refractivity contribution in [1.29, 1.82) is 0 Å². The number of carbonyl (C=O) groups excluding carboxylic acids is 1. The van der Waals surface area contributed by atoms with Gasteiger partial charge in [-0.15, -0.1) is 0 Å². The van der Waals surface area contributed by atoms with Gasteiger partial charge in [0.15, 0.2) is 5.17 Å². The molecule has 2 aliphatic carbocycles. The third-order valence-electron chi connectivity index (χ3n) is 6.15. The second-order valence-electron chi connectivity index (χ2n) is 8.74. The number of nitrogens with zero attached hydrogens (tertiary/aromatic N) is 2. The van der Waals surface area contributed by atoms with Crippen molar-refractivity contribution in [3.63, 3.8) is 0 Å². The van der Waals surface area contributed by atoms with Crippen LogP contribution >= 0.6 is 11.8 Å². The van der Waals surface area contributed by atoms with E-state index in [4.69, 9.17) is 4.74 Å². The Morgan fingerprint density at radius 2 is 1.88 bits per heavy atom. The minimum absolute atomic E-state index is 0.157. The Morgan fingerprint density at radius 1 is 1.25 bits per heavy atom. The number of hydrogen-bond donors (Lipinski definition) is 0. The maximum atomic E-state index is 13.1. The van der Waals surface area contributed by atoms with Crippen LogP contribution in [-0.2, 0) is 9.53 Å². The van der Waals surface area contributed by atoms with Crippen LogP contribution in [0.15, 0.2) is 4.99 Å². The third-order valence-corrected chi connectivity index (χ3v) is 7.36. The fraction of sp³-hybridized carbons (Fsp3) is 0.895. The summed E-state index contributed by atoms with van der Waals surface area (Å²) in [6, 6.07) is 0. The molecule has 4 bridgehead atoms. The van der Waals surface area contributed by atoms with Crippen molar-refractivity contribution in [1.82, 2.24) is 4.90 Å². The molecule has 0 aromatic heterocycles. The predicted octanol–water partition coefficient (Wildman–Crippen LogP) is 3.70. The molecule has 24 heavy (non-hydrogen) atoms. The molecule has 5 rings (SSSR count). The lowest BCUT2D eigenvalue weighted by molar-refractivity contribution is -0.182. The van der Waals surface area contributed by atoms with Crippen molar-refractivity contribution in [2.45, 2.75) is 76.3 Å². The summed E-state index contributed by atoms with van der Waals surface area (Å²) >= 11 is 1.79. The van der Waals surface area contributed by atoms with Gasteiger partial charge in [-0.05, 0) is 57.8 Å². The van der Waals surface area contributed by atoms with Crippen LogP contribution < -0.4 is 0 Å². The van der Waals surface area contributed by atoms with E-state index in [2.05, 4.69) is 30.7 Å². The van der Waals surface area contributed by atoms with Gasteiger partial charge in [-0.3, -0.25) is 4.79 Å². The number of unbranched alkanes of at least 4 members (excludes halogenated alkanes) is 1. The average molecular weight is 351 g/mol. The van der Waals surface area contributed by atoms with Gasteiger partial charge in [0.25, 0.3) is 5.91 Å². The van der Waals surface area contributed by atoms with E-state index in [1.165, 1.54) is 12.8 Å². The number of ether oxygens (including phenoxy) is 1. The molecule has 3 heterocycles. The van der Waals surface area contributed by atoms with Gasteiger partial charge in [-0.1, -0.05) is 25.1 Å². The number of carbonyl (C=O) groups is 1. The van der Waals surface area contributed by atoms with Gasteiger partial charge in [0.1, 0.15) is 0 Å². The summed E-state index contributed by atoms with van der Waals surface area (Å²) < 4.78 is 6.17. The van der Waals surface area contributed by atoms with Gasteiger partial charge < -0.3 is 9.64 Å². The molecule has 4 nitrogen and oxygen atoms in total. The summed E-state index contributed by atoms with van der Waals surface area (Å²) in [6.45, 7) is 8.74. The average Bonchev–Trinajstić information content (AvgIpc) is 2.77. The number of aliphatic imine (C=N–C) groups is 1. The van der Waals surface area contributed by atoms with Crippen molar-refractivity contribution in [2.75, 3.05) is 13.1 Å². The van der Waals surface area contributed by atoms with E-state index in [1.54, 1.807) is 11.8 Å². The molecule has 1 amide bonds. The molecule has 0 aromatic rings. The quantitative estimate of drug-likeness (QED) is 0.775. The molecule has 0 radical (unpaired) electrons. The first kappa shape index (κ1) is 16.9. The van der Waals surface area contributed by atoms with Gasteiger partial charge in [0.2, 0.25) is 0 Å². The highest BCUT2D eigenvalue weighted by Gasteiger charge is 2.52. The Hall–Kier alpha value is -0.550. The Labute approximate surface area is 149 Å². The highest BCUT2D eigenvalue weighted by atomic mass is 32.2. The summed E-state index contributed by atoms with van der Waals surface area (Å²) in [5.41, 5.74) is 0. The van der Waals surface area contributed by atoms with Gasteiger partial charge in [0.05, 0.1) is 12.2 Å². The Kier molecular flexibility index (Phi) is 4.44. The Balaban J connectivity index is 1.50. The zero-order valence-corrected chi connectivity index (χ0v) is 16.0. The maximum absolute atomic E-state index is 13.1. The van der Waals surface area contributed by atoms with E-state index < -0.39 is 0 Å². The number of thioether (sulfide) groups is 1. The fourth-order valence-corrected chi connectivity index (χ4v) is 6.40. The monoisotopic (exact) mass is 350 g/mol. The van der Waals surface area contributed by atoms with Crippen LogP contribution in [0, 0.1) is 17.8 Å². The summed E-state index contributed by atoms with van der Waals surface area (Å²) in [5.74, 6) is 1.35. The first-order valence-electron chi connectivity index (χ1n) is 9.67. The van der Waals surface area contributed by atoms with E-state index in [1.807, 2.05) is 0 Å². The molecule has 134 valence electrons. The molecular formula is C19H30N2O2S. The largest absolute Gasteiger partial charge is 0.375 e. The van der Waals surface area contributed by atoms with Crippen molar-refractivity contribution < 1.29 is 9.53 Å². The number of amidine groups is 1. The standard InChI is InChI=1S/C19H30N2O2S/c1-4-5-6-21-11-19(2,3)24-18(21)20-17(22)16-12-7-14-9-13(16)10-15(8-12)23-14/h12-16H,4-11H2,1-3H3. The van der Waals surface area contributed by atoms with Crippen molar-refractivity contribution in [2.24, 2.45) is 22.7 Å². The molecule has 3 aliphatic heterocycles. The number of amides is 1. The summed E-state index contributed by atoms with van der Waals surface area (Å²) in [7, 11) is 0. The minimum Gasteiger partial charge on any atom is -0.375 e. The van der Waals surface area contributed by atoms with Gasteiger partial charge >= 0.3 is 0 Å². The first-order valence-corrected chi connectivity index (χ1v) is 10.5. The minimum atomic E-state index is 0.157. The predicted molar refractivity (Wildman–Crippen MR) is 98.2 cm³/mol. The van der Waals surface area contributed by atoms with Gasteiger partial charge in [-0.25, -0.2) is 0 Å². The van der Waals surface area contributed by atoms with Crippen LogP contribution in [0.25, 0.3) is 0 Å². The Morgan fingerprint density at radius 3 is 2.46 bits per heavy atom. The smallest absolute Gasteiger partial charge is 0.251 e. The summed E-state index contributed by atoms with van der Waals surface area (Å²) in [4.78, 5) is 20.1. The normalized spacial score (nSPS) is 41.4. The molecule has 0 atom stereocenters. The zero-order chi connectivity index (χ0) is 16.9. The molecular weight excluding hydrogens is 320 g/mol. The fourth-order valence-electron chi connectivity index (χ4n) is 5.26. The van der Waals surface area contributed by atoms with Gasteiger partial charge in [0, 0.05) is 23.8 Å². The molecule has 5 fully saturated rings. The van der Waals surface area contributed by atoms with E-state index in [0.29, 0.717) is 24.0 Å². The third kappa shape index (κ3) is 3.14. The SMILES string of the molecule is CCCCN1CC(C)(C)SC1=NC(=O)C1C2CC3CC1CC(C2)O3. The summed E-state index contributed by atoms with van der Waals surface area (Å²) in [6.07, 6.45) is 7.49. The lowest BCUT2D eigenvalue weighted by atomic mass is 9.60. The molecule has 0 spiro atoms. The highest BCUT2D eigenvalue weighted by Crippen LogP contribution is 2.51. The van der Waals surface area contributed by atoms with Gasteiger partial charge in [-0.2, -0.15) is 4.99 Å². The van der Waals surface area contributed by atoms with Crippen LogP contribution in [0.5, 0.6) is 0 Å². The molecule has 5 heteroatoms. The maximum Gasteiger partial charge on any atom is 0.251 e. The van der Waals surface area contributed by atoms with E-state index in [0.717, 1.165) is 43.9 Å². The van der Waals surface area contributed by atoms with Crippen molar-refractivity contribution in [3.05, 3.63) is 0 Å². The lowest BCUT2D eigenvalue weighted by Gasteiger charge is -2.52. The molecule has 0 unspecified atom stereocenters. The van der Waals surface area contributed by atoms with Crippen LogP contribution in [0.2, 0.25) is 0 Å². The molecule has 5 aliphatic rings. The van der Waals surface area contributed by atoms with E-state index in [-0.39, 0.29) is 16.6 Å². The molecule has 0 N–H and O–H groups in total. The van der Waals surface area contributed by atoms with Crippen LogP contribution in [0.4, 0.5) is 0 Å². The van der Waals surface area contributed by atoms with Crippen LogP contribution in [0.1, 0.15) is 59.3 Å². The van der Waals surface area contributed by atoms with Crippen LogP contribution in [-0.4, -0.2) is 46.0 Å². The first-order chi connectivity index (χ1) is 11.4. The van der Waals surface area contributed by atoms with Crippen molar-refractivity contribution in [3.8, 4) is 0 Å². The van der Waals surface area contributed by atoms with Crippen molar-refractivity contribution >= 4 is 22.8 Å². The highest BCUT2D eigenvalue weighted by molar-refractivity contribution is 8.15. The topological polar surface area (TPSA) is 41.9 Å². The second kappa shape index (κ2) is 6.31. The molecule has 2 saturated carbocycles. The van der Waals surface area contributed by atoms with Crippen LogP contribution in [0.3, 0.4) is 0 Å². The zero-order valence-electron chi connectivity index (χ0n) is 15.2. The van der Waals surface area contributed by atoms with E-state index in [9.17, 15) is 4.79 Å². The summed E-state index contributed by atoms with van der Waals surface area (Å²) in [5, 5.41) is 0.975. The lowest BCUT2D eigenvalue weighted by Crippen LogP contribution is -2.53. The number of hydrogen-bond acceptors (Lipinski definition) is 3. The molecule has 3 saturated heterocycles. The molecule has 0 aromatic carbocycles.